The van der Waals surface area contributed by atoms with Gasteiger partial charge in [-0.2, -0.15) is 13.2 Å². The highest BCUT2D eigenvalue weighted by Gasteiger charge is 2.38. The number of carboxylic acid groups (broad SMARTS) is 1. The molecule has 0 bridgehead atoms. The lowest BCUT2D eigenvalue weighted by Gasteiger charge is -2.35. The summed E-state index contributed by atoms with van der Waals surface area (Å²) in [5.74, 6) is -2.83. The Morgan fingerprint density at radius 2 is 1.67 bits per heavy atom. The van der Waals surface area contributed by atoms with Crippen molar-refractivity contribution in [3.8, 4) is 0 Å². The lowest BCUT2D eigenvalue weighted by Crippen LogP contribution is -2.49. The molecule has 15 heteroatoms. The Balaban J connectivity index is 0.000000515. The summed E-state index contributed by atoms with van der Waals surface area (Å²) in [5.41, 5.74) is 2.27. The molecular weight excluding hydrogens is 641 g/mol. The number of alkyl halides is 3. The Kier molecular flexibility index (Phi) is 9.03. The van der Waals surface area contributed by atoms with Crippen LogP contribution >= 0.6 is 23.2 Å². The maximum atomic E-state index is 14.8. The second-order valence-electron chi connectivity index (χ2n) is 10.0. The molecule has 45 heavy (non-hydrogen) atoms. The number of amides is 1. The number of pyridine rings is 1. The molecule has 0 aliphatic carbocycles. The van der Waals surface area contributed by atoms with Gasteiger partial charge in [-0.05, 0) is 42.0 Å². The predicted molar refractivity (Wildman–Crippen MR) is 161 cm³/mol. The third-order valence-corrected chi connectivity index (χ3v) is 7.91. The average molecular weight is 664 g/mol. The Morgan fingerprint density at radius 3 is 2.36 bits per heavy atom. The van der Waals surface area contributed by atoms with E-state index in [9.17, 15) is 27.2 Å². The van der Waals surface area contributed by atoms with E-state index in [0.29, 0.717) is 49.4 Å². The summed E-state index contributed by atoms with van der Waals surface area (Å²) in [7, 11) is 0. The molecule has 1 saturated heterocycles. The molecule has 0 radical (unpaired) electrons. The highest BCUT2D eigenvalue weighted by Crippen LogP contribution is 2.27. The summed E-state index contributed by atoms with van der Waals surface area (Å²) in [6.07, 6.45) is -3.23. The van der Waals surface area contributed by atoms with E-state index in [2.05, 4.69) is 9.88 Å². The van der Waals surface area contributed by atoms with Gasteiger partial charge in [-0.1, -0.05) is 47.5 Å². The van der Waals surface area contributed by atoms with Crippen LogP contribution in [-0.2, 0) is 11.2 Å². The first-order valence-electron chi connectivity index (χ1n) is 13.4. The van der Waals surface area contributed by atoms with E-state index in [1.807, 2.05) is 36.4 Å². The fourth-order valence-corrected chi connectivity index (χ4v) is 5.36. The van der Waals surface area contributed by atoms with Crippen LogP contribution in [0.2, 0.25) is 10.2 Å². The standard InChI is InChI=1S/C28H22Cl2FN5O2.C2HF3O2/c29-21-15-24-27(37)32-16-19(36(24)26(21)30)13-17-5-7-22(31)20(14-17)28(38)35-11-9-34(10-12-35)25-8-6-18-3-1-2-4-23(18)33-25;3-2(4,5)1(6)7/h1-8,14-16H,9-13H2,(H,32,37);(H,6,7). The third-order valence-electron chi connectivity index (χ3n) is 7.15. The number of piperazine rings is 1. The zero-order valence-electron chi connectivity index (χ0n) is 23.1. The predicted octanol–water partition coefficient (Wildman–Crippen LogP) is 5.81. The number of aromatic amines is 1. The summed E-state index contributed by atoms with van der Waals surface area (Å²) >= 11 is 12.5. The van der Waals surface area contributed by atoms with Gasteiger partial charge in [0, 0.05) is 49.9 Å². The SMILES string of the molecule is O=C(O)C(F)(F)F.O=C(c1cc(Cc2c[nH]c(=O)c3cc(Cl)c(Cl)n23)ccc1F)N1CCN(c2ccc3ccccc3n2)CC1. The monoisotopic (exact) mass is 663 g/mol. The first kappa shape index (κ1) is 31.8. The van der Waals surface area contributed by atoms with Crippen LogP contribution in [0, 0.1) is 5.82 Å². The van der Waals surface area contributed by atoms with E-state index >= 15 is 0 Å². The van der Waals surface area contributed by atoms with Gasteiger partial charge in [0.05, 0.1) is 16.1 Å². The van der Waals surface area contributed by atoms with Gasteiger partial charge in [0.25, 0.3) is 11.5 Å². The number of carboxylic acids is 1. The first-order valence-corrected chi connectivity index (χ1v) is 14.1. The van der Waals surface area contributed by atoms with E-state index in [0.717, 1.165) is 16.7 Å². The Morgan fingerprint density at radius 1 is 0.978 bits per heavy atom. The van der Waals surface area contributed by atoms with Gasteiger partial charge in [-0.3, -0.25) is 14.0 Å². The fourth-order valence-electron chi connectivity index (χ4n) is 4.92. The van der Waals surface area contributed by atoms with Crippen LogP contribution in [0.3, 0.4) is 0 Å². The van der Waals surface area contributed by atoms with Gasteiger partial charge in [0.15, 0.2) is 0 Å². The number of anilines is 1. The highest BCUT2D eigenvalue weighted by atomic mass is 35.5. The van der Waals surface area contributed by atoms with E-state index in [1.54, 1.807) is 27.6 Å². The Hall–Kier alpha value is -4.62. The molecule has 2 N–H and O–H groups in total. The van der Waals surface area contributed by atoms with Gasteiger partial charge >= 0.3 is 12.1 Å². The Labute approximate surface area is 262 Å². The molecule has 0 spiro atoms. The van der Waals surface area contributed by atoms with Crippen LogP contribution in [-0.4, -0.2) is 68.6 Å². The number of hydrogen-bond donors (Lipinski definition) is 2. The van der Waals surface area contributed by atoms with Crippen LogP contribution in [0.4, 0.5) is 23.4 Å². The van der Waals surface area contributed by atoms with Crippen LogP contribution in [0.5, 0.6) is 0 Å². The number of hydrogen-bond acceptors (Lipinski definition) is 5. The van der Waals surface area contributed by atoms with Gasteiger partial charge in [-0.15, -0.1) is 0 Å². The van der Waals surface area contributed by atoms with E-state index < -0.39 is 18.0 Å². The minimum atomic E-state index is -5.08. The van der Waals surface area contributed by atoms with Crippen LogP contribution in [0.1, 0.15) is 21.6 Å². The molecular formula is C30H23Cl2F4N5O4. The van der Waals surface area contributed by atoms with E-state index in [-0.39, 0.29) is 27.2 Å². The highest BCUT2D eigenvalue weighted by molar-refractivity contribution is 6.42. The summed E-state index contributed by atoms with van der Waals surface area (Å²) in [5, 5.41) is 8.68. The lowest BCUT2D eigenvalue weighted by atomic mass is 10.0. The van der Waals surface area contributed by atoms with Crippen LogP contribution in [0.15, 0.2) is 71.7 Å². The number of carbonyl (C=O) groups is 2. The molecule has 2 aromatic carbocycles. The van der Waals surface area contributed by atoms with Crippen molar-refractivity contribution >= 4 is 57.3 Å². The van der Waals surface area contributed by atoms with Crippen LogP contribution in [0.25, 0.3) is 16.4 Å². The second kappa shape index (κ2) is 12.8. The van der Waals surface area contributed by atoms with Gasteiger partial charge in [0.2, 0.25) is 0 Å². The smallest absolute Gasteiger partial charge is 0.475 e. The zero-order valence-corrected chi connectivity index (χ0v) is 24.6. The van der Waals surface area contributed by atoms with Crippen LogP contribution < -0.4 is 10.5 Å². The molecule has 5 aromatic rings. The number of fused-ring (bicyclic) bond motifs is 2. The normalized spacial score (nSPS) is 13.6. The maximum absolute atomic E-state index is 14.8. The average Bonchev–Trinajstić information content (AvgIpc) is 3.33. The molecule has 1 fully saturated rings. The van der Waals surface area contributed by atoms with Crippen molar-refractivity contribution in [1.29, 1.82) is 0 Å². The second-order valence-corrected chi connectivity index (χ2v) is 10.8. The molecule has 234 valence electrons. The minimum Gasteiger partial charge on any atom is -0.475 e. The van der Waals surface area contributed by atoms with E-state index in [1.165, 1.54) is 12.1 Å². The van der Waals surface area contributed by atoms with E-state index in [4.69, 9.17) is 38.1 Å². The van der Waals surface area contributed by atoms with Crippen molar-refractivity contribution in [2.24, 2.45) is 0 Å². The minimum absolute atomic E-state index is 0.0112. The van der Waals surface area contributed by atoms with Gasteiger partial charge in [-0.25, -0.2) is 14.2 Å². The zero-order chi connectivity index (χ0) is 32.5. The molecule has 4 heterocycles. The number of para-hydroxylation sites is 1. The topological polar surface area (TPSA) is 111 Å². The Bertz CT molecular complexity index is 1970. The fraction of sp³-hybridized carbons (Fsp3) is 0.200. The largest absolute Gasteiger partial charge is 0.490 e. The molecule has 9 nitrogen and oxygen atoms in total. The summed E-state index contributed by atoms with van der Waals surface area (Å²) < 4.78 is 48.1. The number of H-pyrrole nitrogens is 1. The summed E-state index contributed by atoms with van der Waals surface area (Å²) in [4.78, 5) is 45.6. The number of rotatable bonds is 4. The first-order chi connectivity index (χ1) is 21.3. The van der Waals surface area contributed by atoms with Crippen molar-refractivity contribution in [1.82, 2.24) is 19.3 Å². The molecule has 3 aromatic heterocycles. The van der Waals surface area contributed by atoms with Crippen molar-refractivity contribution in [3.05, 3.63) is 110 Å². The molecule has 1 amide bonds. The van der Waals surface area contributed by atoms with Gasteiger partial charge < -0.3 is 19.9 Å². The molecule has 0 saturated carbocycles. The van der Waals surface area contributed by atoms with Crippen molar-refractivity contribution in [2.75, 3.05) is 31.1 Å². The van der Waals surface area contributed by atoms with Crippen molar-refractivity contribution in [2.45, 2.75) is 12.6 Å². The van der Waals surface area contributed by atoms with Crippen molar-refractivity contribution < 1.29 is 32.3 Å². The van der Waals surface area contributed by atoms with Gasteiger partial charge in [0.1, 0.15) is 22.3 Å². The maximum Gasteiger partial charge on any atom is 0.490 e. The number of nitrogens with one attached hydrogen (secondary N) is 1. The number of nitrogens with zero attached hydrogens (tertiary/aromatic N) is 4. The third kappa shape index (κ3) is 6.89. The molecule has 1 aliphatic heterocycles. The molecule has 0 atom stereocenters. The number of halogens is 6. The lowest BCUT2D eigenvalue weighted by molar-refractivity contribution is -0.192. The number of aliphatic carboxylic acids is 1. The molecule has 1 aliphatic rings. The number of aromatic nitrogens is 3. The quantitative estimate of drug-likeness (QED) is 0.235. The number of benzene rings is 2. The van der Waals surface area contributed by atoms with Crippen molar-refractivity contribution in [3.63, 3.8) is 0 Å². The summed E-state index contributed by atoms with van der Waals surface area (Å²) in [6, 6.07) is 17.9. The molecule has 6 rings (SSSR count). The summed E-state index contributed by atoms with van der Waals surface area (Å²) in [6.45, 7) is 2.10. The number of carbonyl (C=O) groups excluding carboxylic acids is 1. The molecule has 0 unspecified atom stereocenters.